The number of carboxylic acid groups (broad SMARTS) is 1. The topological polar surface area (TPSA) is 108 Å². The fourth-order valence-corrected chi connectivity index (χ4v) is 6.99. The van der Waals surface area contributed by atoms with Gasteiger partial charge in [-0.2, -0.15) is 0 Å². The highest BCUT2D eigenvalue weighted by atomic mass is 16.7. The molecule has 2 unspecified atom stereocenters. The predicted octanol–water partition coefficient (Wildman–Crippen LogP) is 16.8. The van der Waals surface area contributed by atoms with Gasteiger partial charge < -0.3 is 28.5 Å². The molecule has 0 aromatic heterocycles. The van der Waals surface area contributed by atoms with Crippen molar-refractivity contribution < 1.29 is 42.9 Å². The van der Waals surface area contributed by atoms with Crippen LogP contribution >= 0.6 is 0 Å². The van der Waals surface area contributed by atoms with Crippen molar-refractivity contribution in [2.75, 3.05) is 47.5 Å². The number of ether oxygens (including phenoxy) is 4. The number of unbranched alkanes of at least 4 members (excludes halogenated alkanes) is 11. The number of rotatable bonds is 50. The maximum Gasteiger partial charge on any atom is 0.361 e. The fraction of sp³-hybridized carbons (Fsp3) is 0.585. The molecule has 0 bridgehead atoms. The molecular weight excluding hydrogens is 923 g/mol. The van der Waals surface area contributed by atoms with Gasteiger partial charge in [0.2, 0.25) is 0 Å². The van der Waals surface area contributed by atoms with Gasteiger partial charge in [-0.05, 0) is 103 Å². The molecular formula is C65H104NO8+. The van der Waals surface area contributed by atoms with Gasteiger partial charge in [0.25, 0.3) is 6.29 Å². The highest BCUT2D eigenvalue weighted by Gasteiger charge is 2.25. The largest absolute Gasteiger partial charge is 0.477 e. The summed E-state index contributed by atoms with van der Waals surface area (Å²) in [6, 6.07) is 0. The molecule has 0 aliphatic rings. The van der Waals surface area contributed by atoms with E-state index in [1.807, 2.05) is 21.1 Å². The molecule has 0 aromatic rings. The van der Waals surface area contributed by atoms with E-state index in [-0.39, 0.29) is 38.6 Å². The van der Waals surface area contributed by atoms with E-state index in [0.29, 0.717) is 17.4 Å². The summed E-state index contributed by atoms with van der Waals surface area (Å²) in [5.41, 5.74) is 0. The first-order valence-electron chi connectivity index (χ1n) is 28.5. The van der Waals surface area contributed by atoms with Crippen molar-refractivity contribution in [3.63, 3.8) is 0 Å². The second-order valence-electron chi connectivity index (χ2n) is 19.5. The van der Waals surface area contributed by atoms with E-state index in [4.69, 9.17) is 18.9 Å². The van der Waals surface area contributed by atoms with Crippen LogP contribution in [0.4, 0.5) is 0 Å². The van der Waals surface area contributed by atoms with Crippen LogP contribution in [-0.2, 0) is 33.3 Å². The van der Waals surface area contributed by atoms with Crippen LogP contribution in [0.5, 0.6) is 0 Å². The Labute approximate surface area is 452 Å². The van der Waals surface area contributed by atoms with E-state index in [0.717, 1.165) is 109 Å². The Bertz CT molecular complexity index is 1720. The van der Waals surface area contributed by atoms with Crippen LogP contribution in [0, 0.1) is 0 Å². The van der Waals surface area contributed by atoms with Crippen LogP contribution in [-0.4, -0.2) is 87.4 Å². The zero-order valence-electron chi connectivity index (χ0n) is 47.2. The monoisotopic (exact) mass is 1030 g/mol. The molecule has 0 saturated heterocycles. The third-order valence-corrected chi connectivity index (χ3v) is 11.4. The van der Waals surface area contributed by atoms with Crippen molar-refractivity contribution in [2.45, 2.75) is 200 Å². The van der Waals surface area contributed by atoms with Crippen LogP contribution in [0.25, 0.3) is 0 Å². The van der Waals surface area contributed by atoms with Gasteiger partial charge in [0.1, 0.15) is 13.2 Å². The molecule has 0 rings (SSSR count). The van der Waals surface area contributed by atoms with E-state index in [9.17, 15) is 19.5 Å². The number of esters is 2. The molecule has 74 heavy (non-hydrogen) atoms. The van der Waals surface area contributed by atoms with E-state index in [2.05, 4.69) is 160 Å². The molecule has 0 radical (unpaired) electrons. The first kappa shape index (κ1) is 69.2. The Balaban J connectivity index is 4.26. The maximum atomic E-state index is 12.8. The lowest BCUT2D eigenvalue weighted by molar-refractivity contribution is -0.870. The summed E-state index contributed by atoms with van der Waals surface area (Å²) in [4.78, 5) is 37.2. The Kier molecular flexibility index (Phi) is 50.9. The van der Waals surface area contributed by atoms with Crippen LogP contribution < -0.4 is 0 Å². The SMILES string of the molecule is CC/C=C\C/C=C\C/C=C\C/C=C\C/C=C\C/C=C\C/C=C\C/C=C\C/C=C\C/C=C\C/C=C\C/C=C\CCCCC(=O)OC(COC(=O)CCCCCCCCCCCC)COC(OCC[N+](C)(C)C)C(=O)O. The van der Waals surface area contributed by atoms with Crippen LogP contribution in [0.1, 0.15) is 187 Å². The third kappa shape index (κ3) is 54.9. The maximum absolute atomic E-state index is 12.8. The van der Waals surface area contributed by atoms with Crippen LogP contribution in [0.3, 0.4) is 0 Å². The molecule has 0 fully saturated rings. The molecule has 0 amide bonds. The number of aliphatic carboxylic acids is 1. The smallest absolute Gasteiger partial charge is 0.361 e. The number of nitrogens with zero attached hydrogens (tertiary/aromatic N) is 1. The summed E-state index contributed by atoms with van der Waals surface area (Å²) in [5, 5.41) is 9.66. The fourth-order valence-electron chi connectivity index (χ4n) is 6.99. The molecule has 9 heteroatoms. The third-order valence-electron chi connectivity index (χ3n) is 11.4. The van der Waals surface area contributed by atoms with Crippen LogP contribution in [0.15, 0.2) is 146 Å². The number of hydrogen-bond acceptors (Lipinski definition) is 7. The molecule has 2 atom stereocenters. The zero-order chi connectivity index (χ0) is 54.1. The minimum absolute atomic E-state index is 0.172. The Hall–Kier alpha value is -4.83. The van der Waals surface area contributed by atoms with Gasteiger partial charge in [0.15, 0.2) is 6.10 Å². The predicted molar refractivity (Wildman–Crippen MR) is 313 cm³/mol. The molecule has 0 aromatic carbocycles. The first-order chi connectivity index (χ1) is 36.1. The lowest BCUT2D eigenvalue weighted by Crippen LogP contribution is -2.40. The quantitative estimate of drug-likeness (QED) is 0.0211. The summed E-state index contributed by atoms with van der Waals surface area (Å²) in [7, 11) is 5.93. The van der Waals surface area contributed by atoms with Crippen molar-refractivity contribution in [3.8, 4) is 0 Å². The Morgan fingerprint density at radius 2 is 0.770 bits per heavy atom. The summed E-state index contributed by atoms with van der Waals surface area (Å²) < 4.78 is 22.7. The van der Waals surface area contributed by atoms with Gasteiger partial charge in [-0.15, -0.1) is 0 Å². The van der Waals surface area contributed by atoms with Crippen LogP contribution in [0.2, 0.25) is 0 Å². The van der Waals surface area contributed by atoms with Gasteiger partial charge in [-0.3, -0.25) is 9.59 Å². The van der Waals surface area contributed by atoms with Crippen molar-refractivity contribution >= 4 is 17.9 Å². The second kappa shape index (κ2) is 54.4. The average Bonchev–Trinajstić information content (AvgIpc) is 3.37. The molecule has 0 aliphatic carbocycles. The normalized spacial score (nSPS) is 13.9. The second-order valence-corrected chi connectivity index (χ2v) is 19.5. The first-order valence-corrected chi connectivity index (χ1v) is 28.5. The van der Waals surface area contributed by atoms with Gasteiger partial charge in [-0.1, -0.05) is 217 Å². The van der Waals surface area contributed by atoms with Crippen molar-refractivity contribution in [1.29, 1.82) is 0 Å². The highest BCUT2D eigenvalue weighted by molar-refractivity contribution is 5.71. The summed E-state index contributed by atoms with van der Waals surface area (Å²) in [6.45, 7) is 4.66. The number of quaternary nitrogens is 1. The molecule has 0 aliphatic heterocycles. The Morgan fingerprint density at radius 1 is 0.419 bits per heavy atom. The number of likely N-dealkylation sites (N-methyl/N-ethyl adjacent to an activating group) is 1. The Morgan fingerprint density at radius 3 is 1.15 bits per heavy atom. The zero-order valence-corrected chi connectivity index (χ0v) is 47.2. The molecule has 9 nitrogen and oxygen atoms in total. The lowest BCUT2D eigenvalue weighted by atomic mass is 10.1. The molecule has 0 heterocycles. The summed E-state index contributed by atoms with van der Waals surface area (Å²) in [5.74, 6) is -2.09. The summed E-state index contributed by atoms with van der Waals surface area (Å²) in [6.07, 6.45) is 76.6. The minimum atomic E-state index is -1.53. The van der Waals surface area contributed by atoms with E-state index in [1.54, 1.807) is 0 Å². The molecule has 1 N–H and O–H groups in total. The van der Waals surface area contributed by atoms with Gasteiger partial charge in [0, 0.05) is 12.8 Å². The van der Waals surface area contributed by atoms with E-state index >= 15 is 0 Å². The number of carboxylic acids is 1. The van der Waals surface area contributed by atoms with E-state index < -0.39 is 24.3 Å². The molecule has 0 saturated carbocycles. The van der Waals surface area contributed by atoms with Gasteiger partial charge in [-0.25, -0.2) is 4.79 Å². The lowest BCUT2D eigenvalue weighted by Gasteiger charge is -2.25. The number of carbonyl (C=O) groups excluding carboxylic acids is 2. The van der Waals surface area contributed by atoms with Crippen molar-refractivity contribution in [2.24, 2.45) is 0 Å². The number of hydrogen-bond donors (Lipinski definition) is 1. The standard InChI is InChI=1S/C65H103NO8/c1-6-8-10-12-14-16-18-19-20-21-22-23-24-25-26-27-28-29-30-31-32-33-34-35-36-37-38-39-40-41-42-43-44-45-46-48-50-52-54-56-63(68)74-61(60-73-65(64(69)70)71-58-57-66(3,4)5)59-72-62(67)55-53-51-49-47-17-15-13-11-9-7-2/h8,10,14,16,19-20,22-23,25-26,28-29,31-32,34-35,37-38,40-41,43-44,46,48,61,65H,6-7,9,11-13,15,17-18,21,24,27,30,33,36,39,42,45,47,49-60H2,1-5H3/p+1/b10-8-,16-14-,20-19-,23-22-,26-25-,29-28-,32-31-,35-34-,38-37-,41-40-,44-43-,48-46-. The average molecular weight is 1030 g/mol. The number of carbonyl (C=O) groups is 3. The highest BCUT2D eigenvalue weighted by Crippen LogP contribution is 2.13. The molecule has 416 valence electrons. The summed E-state index contributed by atoms with van der Waals surface area (Å²) >= 11 is 0. The van der Waals surface area contributed by atoms with Gasteiger partial charge in [0.05, 0.1) is 34.4 Å². The van der Waals surface area contributed by atoms with Crippen molar-refractivity contribution in [1.82, 2.24) is 0 Å². The molecule has 0 spiro atoms. The van der Waals surface area contributed by atoms with E-state index in [1.165, 1.54) is 44.9 Å². The minimum Gasteiger partial charge on any atom is -0.477 e. The van der Waals surface area contributed by atoms with Gasteiger partial charge >= 0.3 is 17.9 Å². The number of allylic oxidation sites excluding steroid dienone is 24. The van der Waals surface area contributed by atoms with Crippen molar-refractivity contribution in [3.05, 3.63) is 146 Å².